The number of nitro benzene ring substituents is 1. The van der Waals surface area contributed by atoms with Crippen LogP contribution in [0.4, 0.5) is 10.1 Å². The van der Waals surface area contributed by atoms with Crippen LogP contribution in [-0.2, 0) is 4.79 Å². The monoisotopic (exact) mass is 526 g/mol. The Labute approximate surface area is 220 Å². The van der Waals surface area contributed by atoms with E-state index in [4.69, 9.17) is 10.2 Å². The summed E-state index contributed by atoms with van der Waals surface area (Å²) in [5.74, 6) is -0.433. The van der Waals surface area contributed by atoms with Crippen LogP contribution in [0.1, 0.15) is 23.6 Å². The molecule has 1 atom stereocenters. The molecule has 0 N–H and O–H groups in total. The smallest absolute Gasteiger partial charge is 0.272 e. The van der Waals surface area contributed by atoms with Crippen LogP contribution >= 0.6 is 11.8 Å². The molecule has 4 aromatic rings. The number of halogens is 1. The van der Waals surface area contributed by atoms with Gasteiger partial charge in [0.25, 0.3) is 11.6 Å². The molecule has 0 bridgehead atoms. The van der Waals surface area contributed by atoms with Gasteiger partial charge in [-0.25, -0.2) is 14.1 Å². The molecule has 0 saturated heterocycles. The number of benzene rings is 3. The first-order valence-electron chi connectivity index (χ1n) is 11.7. The molecule has 0 radical (unpaired) electrons. The molecule has 0 spiro atoms. The first-order valence-corrected chi connectivity index (χ1v) is 12.7. The number of para-hydroxylation sites is 2. The molecule has 11 heteroatoms. The topological polar surface area (TPSA) is 106 Å². The number of amidine groups is 1. The van der Waals surface area contributed by atoms with E-state index >= 15 is 0 Å². The van der Waals surface area contributed by atoms with Gasteiger partial charge in [0.05, 0.1) is 39.4 Å². The summed E-state index contributed by atoms with van der Waals surface area (Å²) in [6.07, 6.45) is 2.19. The number of aromatic nitrogens is 2. The Morgan fingerprint density at radius 2 is 1.74 bits per heavy atom. The summed E-state index contributed by atoms with van der Waals surface area (Å²) >= 11 is 1.27. The second-order valence-corrected chi connectivity index (χ2v) is 9.62. The summed E-state index contributed by atoms with van der Waals surface area (Å²) in [4.78, 5) is 27.5. The van der Waals surface area contributed by atoms with Gasteiger partial charge in [0, 0.05) is 29.8 Å². The molecule has 0 saturated carbocycles. The number of carbonyl (C=O) groups is 1. The minimum Gasteiger partial charge on any atom is -0.272 e. The van der Waals surface area contributed by atoms with E-state index in [1.54, 1.807) is 40.0 Å². The van der Waals surface area contributed by atoms with Gasteiger partial charge in [0.1, 0.15) is 5.82 Å². The highest BCUT2D eigenvalue weighted by atomic mass is 32.2. The van der Waals surface area contributed by atoms with Crippen molar-refractivity contribution in [1.29, 1.82) is 0 Å². The lowest BCUT2D eigenvalue weighted by molar-refractivity contribution is -0.385. The van der Waals surface area contributed by atoms with Crippen LogP contribution in [0.25, 0.3) is 16.9 Å². The molecule has 1 amide bonds. The van der Waals surface area contributed by atoms with Gasteiger partial charge in [-0.3, -0.25) is 14.9 Å². The lowest BCUT2D eigenvalue weighted by Gasteiger charge is -2.22. The highest BCUT2D eigenvalue weighted by Crippen LogP contribution is 2.41. The van der Waals surface area contributed by atoms with Gasteiger partial charge in [-0.1, -0.05) is 42.1 Å². The molecule has 0 aliphatic carbocycles. The lowest BCUT2D eigenvalue weighted by Crippen LogP contribution is -2.24. The number of rotatable bonds is 5. The standard InChI is InChI=1S/C27H19FN6O3S/c28-18-12-10-17(11-13-18)26-21(15-32(31-26)19-6-2-1-3-7-19)24-14-22(20-8-4-5-9-23(20)34(36)37)30-33(24)27-29-25(35)16-38-27/h1-13,15,24H,14,16H2. The lowest BCUT2D eigenvalue weighted by atomic mass is 9.96. The fraction of sp³-hybridized carbons (Fsp3) is 0.111. The number of carbonyl (C=O) groups excluding carboxylic acids is 1. The molecule has 3 heterocycles. The number of nitro groups is 1. The molecule has 1 unspecified atom stereocenters. The number of amides is 1. The van der Waals surface area contributed by atoms with Crippen LogP contribution < -0.4 is 0 Å². The predicted molar refractivity (Wildman–Crippen MR) is 143 cm³/mol. The van der Waals surface area contributed by atoms with Crippen molar-refractivity contribution in [3.8, 4) is 16.9 Å². The summed E-state index contributed by atoms with van der Waals surface area (Å²) in [5.41, 5.74) is 3.75. The number of nitrogens with zero attached hydrogens (tertiary/aromatic N) is 6. The van der Waals surface area contributed by atoms with E-state index in [2.05, 4.69) is 4.99 Å². The fourth-order valence-corrected chi connectivity index (χ4v) is 5.34. The number of hydrogen-bond acceptors (Lipinski definition) is 7. The Morgan fingerprint density at radius 3 is 2.45 bits per heavy atom. The maximum atomic E-state index is 13.8. The fourth-order valence-electron chi connectivity index (χ4n) is 4.56. The zero-order chi connectivity index (χ0) is 26.2. The van der Waals surface area contributed by atoms with Crippen molar-refractivity contribution in [2.24, 2.45) is 10.1 Å². The average molecular weight is 527 g/mol. The number of hydrogen-bond donors (Lipinski definition) is 0. The third kappa shape index (κ3) is 4.37. The zero-order valence-electron chi connectivity index (χ0n) is 19.8. The van der Waals surface area contributed by atoms with Gasteiger partial charge >= 0.3 is 0 Å². The first kappa shape index (κ1) is 23.7. The summed E-state index contributed by atoms with van der Waals surface area (Å²) in [6, 6.07) is 21.6. The van der Waals surface area contributed by atoms with Gasteiger partial charge in [-0.2, -0.15) is 15.2 Å². The van der Waals surface area contributed by atoms with Crippen LogP contribution in [-0.4, -0.2) is 42.3 Å². The van der Waals surface area contributed by atoms with E-state index < -0.39 is 11.0 Å². The zero-order valence-corrected chi connectivity index (χ0v) is 20.6. The Balaban J connectivity index is 1.50. The van der Waals surface area contributed by atoms with E-state index in [9.17, 15) is 19.3 Å². The average Bonchev–Trinajstić information content (AvgIpc) is 3.67. The summed E-state index contributed by atoms with van der Waals surface area (Å²) in [7, 11) is 0. The molecule has 6 rings (SSSR count). The molecule has 1 aromatic heterocycles. The first-order chi connectivity index (χ1) is 18.5. The van der Waals surface area contributed by atoms with Gasteiger partial charge < -0.3 is 0 Å². The van der Waals surface area contributed by atoms with Gasteiger partial charge in [0.15, 0.2) is 5.17 Å². The number of thioether (sulfide) groups is 1. The summed E-state index contributed by atoms with van der Waals surface area (Å²) in [6.45, 7) is 0. The maximum Gasteiger partial charge on any atom is 0.278 e. The summed E-state index contributed by atoms with van der Waals surface area (Å²) < 4.78 is 15.5. The van der Waals surface area contributed by atoms with Crippen LogP contribution in [0.2, 0.25) is 0 Å². The Kier molecular flexibility index (Phi) is 6.04. The molecular formula is C27H19FN6O3S. The van der Waals surface area contributed by atoms with Crippen LogP contribution in [0.3, 0.4) is 0 Å². The van der Waals surface area contributed by atoms with E-state index in [1.807, 2.05) is 36.5 Å². The molecule has 9 nitrogen and oxygen atoms in total. The maximum absolute atomic E-state index is 13.8. The molecule has 2 aliphatic heterocycles. The van der Waals surface area contributed by atoms with E-state index in [0.29, 0.717) is 34.1 Å². The number of aliphatic imine (C=N–C) groups is 1. The molecule has 188 valence electrons. The minimum atomic E-state index is -0.459. The van der Waals surface area contributed by atoms with Gasteiger partial charge in [-0.15, -0.1) is 0 Å². The van der Waals surface area contributed by atoms with Crippen molar-refractivity contribution in [2.75, 3.05) is 5.75 Å². The van der Waals surface area contributed by atoms with Crippen molar-refractivity contribution >= 4 is 34.2 Å². The Morgan fingerprint density at radius 1 is 1.00 bits per heavy atom. The molecular weight excluding hydrogens is 507 g/mol. The van der Waals surface area contributed by atoms with E-state index in [-0.39, 0.29) is 23.2 Å². The van der Waals surface area contributed by atoms with E-state index in [1.165, 1.54) is 30.0 Å². The van der Waals surface area contributed by atoms with Crippen LogP contribution in [0, 0.1) is 15.9 Å². The Hall–Kier alpha value is -4.64. The van der Waals surface area contributed by atoms with E-state index in [0.717, 1.165) is 11.3 Å². The quantitative estimate of drug-likeness (QED) is 0.256. The SMILES string of the molecule is O=C1CSC(N2N=C(c3ccccc3[N+](=O)[O-])CC2c2cn(-c3ccccc3)nc2-c2ccc(F)cc2)=N1. The minimum absolute atomic E-state index is 0.0531. The van der Waals surface area contributed by atoms with Gasteiger partial charge in [-0.05, 0) is 42.5 Å². The van der Waals surface area contributed by atoms with Crippen molar-refractivity contribution in [3.63, 3.8) is 0 Å². The van der Waals surface area contributed by atoms with Crippen LogP contribution in [0.5, 0.6) is 0 Å². The van der Waals surface area contributed by atoms with Crippen LogP contribution in [0.15, 0.2) is 95.2 Å². The summed E-state index contributed by atoms with van der Waals surface area (Å²) in [5, 5.41) is 23.4. The van der Waals surface area contributed by atoms with Crippen molar-refractivity contribution in [1.82, 2.24) is 14.8 Å². The molecule has 0 fully saturated rings. The highest BCUT2D eigenvalue weighted by Gasteiger charge is 2.38. The van der Waals surface area contributed by atoms with Crippen molar-refractivity contribution < 1.29 is 14.1 Å². The molecule has 2 aliphatic rings. The highest BCUT2D eigenvalue weighted by molar-refractivity contribution is 8.14. The third-order valence-electron chi connectivity index (χ3n) is 6.30. The number of hydrazone groups is 1. The van der Waals surface area contributed by atoms with Crippen molar-refractivity contribution in [2.45, 2.75) is 12.5 Å². The normalized spacial score (nSPS) is 17.0. The third-order valence-corrected chi connectivity index (χ3v) is 7.23. The second-order valence-electron chi connectivity index (χ2n) is 8.68. The largest absolute Gasteiger partial charge is 0.278 e. The van der Waals surface area contributed by atoms with Crippen molar-refractivity contribution in [3.05, 3.63) is 112 Å². The predicted octanol–water partition coefficient (Wildman–Crippen LogP) is 5.37. The van der Waals surface area contributed by atoms with Gasteiger partial charge in [0.2, 0.25) is 0 Å². The second kappa shape index (κ2) is 9.67. The molecule has 3 aromatic carbocycles. The molecule has 38 heavy (non-hydrogen) atoms. The Bertz CT molecular complexity index is 1620.